The first-order valence-corrected chi connectivity index (χ1v) is 4.09. The first-order chi connectivity index (χ1) is 2.27. The minimum atomic E-state index is -3.42. The van der Waals surface area contributed by atoms with Crippen LogP contribution in [0.15, 0.2) is 0 Å². The van der Waals surface area contributed by atoms with Crippen molar-refractivity contribution in [2.24, 2.45) is 0 Å². The number of hydrogen-bond donors (Lipinski definition) is 3. The topological polar surface area (TPSA) is 69.9 Å². The van der Waals surface area contributed by atoms with Gasteiger partial charge in [-0.1, -0.05) is 0 Å². The predicted molar refractivity (Wildman–Crippen MR) is 21.1 cm³/mol. The van der Waals surface area contributed by atoms with Gasteiger partial charge >= 0.3 is 88.0 Å². The molecule has 0 radical (unpaired) electrons. The average Bonchev–Trinajstić information content (AvgIpc) is 1.38. The van der Waals surface area contributed by atoms with Crippen molar-refractivity contribution in [1.82, 2.24) is 0 Å². The molecule has 0 saturated carbocycles. The molecule has 0 unspecified atom stereocenters. The van der Waals surface area contributed by atoms with Crippen LogP contribution in [-0.2, 0) is 3.17 Å². The van der Waals surface area contributed by atoms with Gasteiger partial charge in [-0.2, -0.15) is 0 Å². The van der Waals surface area contributed by atoms with E-state index in [4.69, 9.17) is 12.0 Å². The molecule has 0 aromatic heterocycles. The molecular formula is H4KO4Sb. The zero-order valence-electron chi connectivity index (χ0n) is 2.20. The van der Waals surface area contributed by atoms with Crippen LogP contribution in [0.4, 0.5) is 0 Å². The van der Waals surface area contributed by atoms with Gasteiger partial charge in [0, 0.05) is 0 Å². The molecule has 0 saturated heterocycles. The molecule has 0 bridgehead atoms. The van der Waals surface area contributed by atoms with E-state index in [2.05, 4.69) is 3.17 Å². The van der Waals surface area contributed by atoms with Crippen molar-refractivity contribution in [3.8, 4) is 0 Å². The van der Waals surface area contributed by atoms with Crippen molar-refractivity contribution >= 4 is 72.9 Å². The van der Waals surface area contributed by atoms with Gasteiger partial charge in [-0.25, -0.2) is 0 Å². The zero-order chi connectivity index (χ0) is 4.28. The van der Waals surface area contributed by atoms with Crippen molar-refractivity contribution in [1.29, 1.82) is 0 Å². The Bertz CT molecular complexity index is 21.5. The van der Waals surface area contributed by atoms with Gasteiger partial charge in [0.1, 0.15) is 0 Å². The van der Waals surface area contributed by atoms with Crippen LogP contribution in [-0.4, -0.2) is 84.9 Å². The minimum absolute atomic E-state index is 0. The summed E-state index contributed by atoms with van der Waals surface area (Å²) in [5.41, 5.74) is 0. The molecule has 0 amide bonds. The Balaban J connectivity index is 0. The molecule has 0 aromatic rings. The molecule has 0 aliphatic heterocycles. The van der Waals surface area contributed by atoms with Crippen LogP contribution in [0.2, 0.25) is 0 Å². The van der Waals surface area contributed by atoms with E-state index in [0.29, 0.717) is 0 Å². The fourth-order valence-corrected chi connectivity index (χ4v) is 0. The van der Waals surface area contributed by atoms with Crippen LogP contribution in [0.3, 0.4) is 0 Å². The van der Waals surface area contributed by atoms with Crippen LogP contribution in [0, 0.1) is 0 Å². The van der Waals surface area contributed by atoms with Crippen molar-refractivity contribution in [3.63, 3.8) is 0 Å². The van der Waals surface area contributed by atoms with E-state index in [-0.39, 0.29) is 51.4 Å². The summed E-state index contributed by atoms with van der Waals surface area (Å²) in [6, 6.07) is 0. The van der Waals surface area contributed by atoms with Gasteiger partial charge in [0.15, 0.2) is 0 Å². The van der Waals surface area contributed by atoms with E-state index in [1.807, 2.05) is 0 Å². The van der Waals surface area contributed by atoms with Crippen LogP contribution in [0.5, 0.6) is 0 Å². The molecule has 0 aliphatic rings. The maximum absolute atomic E-state index is 7.63. The summed E-state index contributed by atoms with van der Waals surface area (Å²) in [5.74, 6) is 0. The Kier molecular flexibility index (Phi) is 13.5. The molecule has 34 valence electrons. The van der Waals surface area contributed by atoms with Crippen molar-refractivity contribution in [2.75, 3.05) is 0 Å². The van der Waals surface area contributed by atoms with Gasteiger partial charge in [0.2, 0.25) is 0 Å². The molecule has 3 N–H and O–H groups in total. The maximum atomic E-state index is 7.63. The van der Waals surface area contributed by atoms with Gasteiger partial charge in [0.25, 0.3) is 0 Å². The van der Waals surface area contributed by atoms with Crippen LogP contribution in [0.25, 0.3) is 0 Å². The Morgan fingerprint density at radius 3 is 1.50 bits per heavy atom. The molecule has 0 spiro atoms. The molecule has 6 heavy (non-hydrogen) atoms. The number of hydrogen-bond acceptors (Lipinski definition) is 4. The normalized spacial score (nSPS) is 8.00. The monoisotopic (exact) mass is 228 g/mol. The standard InChI is InChI=1S/K.H2O2.2H2O.Sb.H/c;1-2;;;;/h;1-2H;2*1H2;;/q;;;;+3;/p-3. The van der Waals surface area contributed by atoms with Crippen molar-refractivity contribution < 1.29 is 15.2 Å². The van der Waals surface area contributed by atoms with Crippen molar-refractivity contribution in [2.45, 2.75) is 0 Å². The quantitative estimate of drug-likeness (QED) is 0.271. The average molecular weight is 229 g/mol. The van der Waals surface area contributed by atoms with E-state index in [1.165, 1.54) is 0 Å². The summed E-state index contributed by atoms with van der Waals surface area (Å²) >= 11 is -3.42. The van der Waals surface area contributed by atoms with Crippen LogP contribution < -0.4 is 0 Å². The fraction of sp³-hybridized carbons (Fsp3) is 0. The Hall–Kier alpha value is 2.29. The Morgan fingerprint density at radius 2 is 1.50 bits per heavy atom. The van der Waals surface area contributed by atoms with Gasteiger partial charge in [-0.3, -0.25) is 0 Å². The summed E-state index contributed by atoms with van der Waals surface area (Å²) in [7, 11) is 0. The first-order valence-electron chi connectivity index (χ1n) is 0.765. The molecule has 4 nitrogen and oxygen atoms in total. The van der Waals surface area contributed by atoms with Gasteiger partial charge in [-0.05, 0) is 0 Å². The van der Waals surface area contributed by atoms with Crippen LogP contribution in [0.1, 0.15) is 0 Å². The third-order valence-electron chi connectivity index (χ3n) is 0.0730. The SMILES string of the molecule is O[O][Sb]([OH])[OH].[KH]. The van der Waals surface area contributed by atoms with E-state index in [1.54, 1.807) is 0 Å². The Labute approximate surface area is 86.1 Å². The third-order valence-corrected chi connectivity index (χ3v) is 0.490. The molecule has 0 atom stereocenters. The third kappa shape index (κ3) is 9.57. The predicted octanol–water partition coefficient (Wildman–Crippen LogP) is -2.20. The van der Waals surface area contributed by atoms with E-state index in [9.17, 15) is 0 Å². The molecule has 0 fully saturated rings. The van der Waals surface area contributed by atoms with Crippen molar-refractivity contribution in [3.05, 3.63) is 0 Å². The summed E-state index contributed by atoms with van der Waals surface area (Å²) in [6.07, 6.45) is 0. The van der Waals surface area contributed by atoms with Gasteiger partial charge < -0.3 is 0 Å². The second-order valence-electron chi connectivity index (χ2n) is 0.334. The molecule has 0 heterocycles. The second kappa shape index (κ2) is 7.29. The summed E-state index contributed by atoms with van der Waals surface area (Å²) in [6.45, 7) is 0. The summed E-state index contributed by atoms with van der Waals surface area (Å²) in [5, 5.41) is 7.22. The second-order valence-corrected chi connectivity index (χ2v) is 2.24. The molecule has 0 aliphatic carbocycles. The first kappa shape index (κ1) is 11.1. The molecular weight excluding hydrogens is 225 g/mol. The van der Waals surface area contributed by atoms with Gasteiger partial charge in [-0.15, -0.1) is 0 Å². The Morgan fingerprint density at radius 1 is 1.33 bits per heavy atom. The van der Waals surface area contributed by atoms with E-state index < -0.39 is 21.5 Å². The fourth-order valence-electron chi connectivity index (χ4n) is 0. The van der Waals surface area contributed by atoms with Crippen LogP contribution >= 0.6 is 0 Å². The molecule has 6 heteroatoms. The summed E-state index contributed by atoms with van der Waals surface area (Å²) < 4.78 is 18.3. The zero-order valence-corrected chi connectivity index (χ0v) is 4.75. The summed E-state index contributed by atoms with van der Waals surface area (Å²) in [4.78, 5) is 0. The van der Waals surface area contributed by atoms with Gasteiger partial charge in [0.05, 0.1) is 0 Å². The molecule has 0 rings (SSSR count). The van der Waals surface area contributed by atoms with E-state index >= 15 is 0 Å². The van der Waals surface area contributed by atoms with E-state index in [0.717, 1.165) is 0 Å². The molecule has 0 aromatic carbocycles. The number of rotatable bonds is 1.